The smallest absolute Gasteiger partial charge is 0.251 e. The molecule has 1 rings (SSSR count). The lowest BCUT2D eigenvalue weighted by atomic mass is 10.1. The molecule has 0 saturated heterocycles. The molecule has 0 unspecified atom stereocenters. The number of methoxy groups -OCH3 is 2. The Bertz CT molecular complexity index is 492. The normalized spacial score (nSPS) is 10.3. The zero-order valence-corrected chi connectivity index (χ0v) is 11.5. The Morgan fingerprint density at radius 1 is 1.37 bits per heavy atom. The van der Waals surface area contributed by atoms with Crippen LogP contribution in [0.5, 0.6) is 11.5 Å². The molecule has 0 saturated carbocycles. The van der Waals surface area contributed by atoms with Gasteiger partial charge in [-0.05, 0) is 19.1 Å². The van der Waals surface area contributed by atoms with E-state index < -0.39 is 0 Å². The van der Waals surface area contributed by atoms with Crippen molar-refractivity contribution < 1.29 is 14.3 Å². The van der Waals surface area contributed by atoms with E-state index in [1.165, 1.54) is 0 Å². The van der Waals surface area contributed by atoms with E-state index in [-0.39, 0.29) is 5.91 Å². The van der Waals surface area contributed by atoms with Crippen LogP contribution in [0.2, 0.25) is 0 Å². The maximum atomic E-state index is 11.9. The van der Waals surface area contributed by atoms with Gasteiger partial charge in [0.15, 0.2) is 11.5 Å². The molecule has 1 N–H and O–H groups in total. The summed E-state index contributed by atoms with van der Waals surface area (Å²) in [7, 11) is 3.12. The highest BCUT2D eigenvalue weighted by Crippen LogP contribution is 2.33. The van der Waals surface area contributed by atoms with Gasteiger partial charge in [-0.1, -0.05) is 18.2 Å². The Morgan fingerprint density at radius 2 is 2.11 bits per heavy atom. The molecular weight excluding hydrogens is 242 g/mol. The second-order valence-corrected chi connectivity index (χ2v) is 3.80. The number of hydrogen-bond acceptors (Lipinski definition) is 3. The van der Waals surface area contributed by atoms with Gasteiger partial charge in [-0.3, -0.25) is 4.79 Å². The third kappa shape index (κ3) is 3.61. The molecule has 0 aliphatic rings. The van der Waals surface area contributed by atoms with Gasteiger partial charge in [-0.15, -0.1) is 6.58 Å². The van der Waals surface area contributed by atoms with Crippen molar-refractivity contribution in [2.24, 2.45) is 0 Å². The summed E-state index contributed by atoms with van der Waals surface area (Å²) in [5.74, 6) is 0.967. The first-order chi connectivity index (χ1) is 9.17. The number of carbonyl (C=O) groups is 1. The van der Waals surface area contributed by atoms with Crippen molar-refractivity contribution >= 4 is 12.0 Å². The van der Waals surface area contributed by atoms with Crippen molar-refractivity contribution in [1.82, 2.24) is 5.32 Å². The molecule has 19 heavy (non-hydrogen) atoms. The largest absolute Gasteiger partial charge is 0.493 e. The molecule has 0 atom stereocenters. The van der Waals surface area contributed by atoms with Crippen molar-refractivity contribution in [3.63, 3.8) is 0 Å². The lowest BCUT2D eigenvalue weighted by Gasteiger charge is -2.13. The van der Waals surface area contributed by atoms with Crippen molar-refractivity contribution in [2.75, 3.05) is 20.8 Å². The van der Waals surface area contributed by atoms with Crippen LogP contribution < -0.4 is 14.8 Å². The van der Waals surface area contributed by atoms with E-state index in [0.29, 0.717) is 23.6 Å². The molecule has 102 valence electrons. The lowest BCUT2D eigenvalue weighted by Crippen LogP contribution is -2.23. The molecule has 0 fully saturated rings. The zero-order valence-electron chi connectivity index (χ0n) is 11.5. The molecule has 1 amide bonds. The number of nitrogens with one attached hydrogen (secondary N) is 1. The molecule has 0 aliphatic carbocycles. The van der Waals surface area contributed by atoms with Crippen molar-refractivity contribution in [1.29, 1.82) is 0 Å². The van der Waals surface area contributed by atoms with Crippen LogP contribution in [0.15, 0.2) is 30.9 Å². The highest BCUT2D eigenvalue weighted by molar-refractivity contribution is 5.96. The van der Waals surface area contributed by atoms with E-state index in [4.69, 9.17) is 9.47 Å². The van der Waals surface area contributed by atoms with E-state index >= 15 is 0 Å². The molecular formula is C15H19NO3. The predicted molar refractivity (Wildman–Crippen MR) is 76.8 cm³/mol. The second kappa shape index (κ2) is 7.26. The van der Waals surface area contributed by atoms with E-state index in [2.05, 4.69) is 11.9 Å². The van der Waals surface area contributed by atoms with E-state index in [1.54, 1.807) is 32.4 Å². The van der Waals surface area contributed by atoms with Gasteiger partial charge in [0.1, 0.15) is 0 Å². The summed E-state index contributed by atoms with van der Waals surface area (Å²) >= 11 is 0. The molecule has 0 aromatic heterocycles. The summed E-state index contributed by atoms with van der Waals surface area (Å²) in [5, 5.41) is 2.73. The molecule has 0 heterocycles. The van der Waals surface area contributed by atoms with Gasteiger partial charge >= 0.3 is 0 Å². The maximum Gasteiger partial charge on any atom is 0.251 e. The van der Waals surface area contributed by atoms with E-state index in [9.17, 15) is 4.79 Å². The number of allylic oxidation sites excluding steroid dienone is 1. The number of ether oxygens (including phenoxy) is 2. The molecule has 0 bridgehead atoms. The minimum Gasteiger partial charge on any atom is -0.493 e. The summed E-state index contributed by atoms with van der Waals surface area (Å²) in [4.78, 5) is 11.9. The van der Waals surface area contributed by atoms with Crippen LogP contribution in [-0.2, 0) is 0 Å². The summed E-state index contributed by atoms with van der Waals surface area (Å²) in [6, 6.07) is 3.42. The quantitative estimate of drug-likeness (QED) is 0.801. The fraction of sp³-hybridized carbons (Fsp3) is 0.267. The molecule has 0 aliphatic heterocycles. The van der Waals surface area contributed by atoms with Crippen LogP contribution in [0.4, 0.5) is 0 Å². The van der Waals surface area contributed by atoms with Crippen molar-refractivity contribution in [3.8, 4) is 11.5 Å². The summed E-state index contributed by atoms with van der Waals surface area (Å²) in [6.07, 6.45) is 5.37. The average Bonchev–Trinajstić information content (AvgIpc) is 2.44. The highest BCUT2D eigenvalue weighted by Gasteiger charge is 2.14. The van der Waals surface area contributed by atoms with Gasteiger partial charge in [-0.25, -0.2) is 0 Å². The summed E-state index contributed by atoms with van der Waals surface area (Å²) in [6.45, 7) is 5.89. The zero-order chi connectivity index (χ0) is 14.3. The number of amides is 1. The molecule has 4 heteroatoms. The van der Waals surface area contributed by atoms with Gasteiger partial charge in [0.25, 0.3) is 5.91 Å². The Labute approximate surface area is 113 Å². The fourth-order valence-corrected chi connectivity index (χ4v) is 1.70. The van der Waals surface area contributed by atoms with Gasteiger partial charge in [-0.2, -0.15) is 0 Å². The molecule has 1 aromatic rings. The van der Waals surface area contributed by atoms with Gasteiger partial charge in [0.2, 0.25) is 0 Å². The second-order valence-electron chi connectivity index (χ2n) is 3.80. The minimum absolute atomic E-state index is 0.174. The van der Waals surface area contributed by atoms with Crippen molar-refractivity contribution in [2.45, 2.75) is 6.92 Å². The Hall–Kier alpha value is -2.23. The minimum atomic E-state index is -0.174. The first-order valence-corrected chi connectivity index (χ1v) is 5.95. The number of benzene rings is 1. The van der Waals surface area contributed by atoms with E-state index in [1.807, 2.05) is 19.1 Å². The highest BCUT2D eigenvalue weighted by atomic mass is 16.5. The van der Waals surface area contributed by atoms with Crippen LogP contribution in [0.3, 0.4) is 0 Å². The SMILES string of the molecule is C=CCNC(=O)c1cc(C=CC)c(OC)c(OC)c1. The van der Waals surface area contributed by atoms with E-state index in [0.717, 1.165) is 5.56 Å². The van der Waals surface area contributed by atoms with Gasteiger partial charge in [0.05, 0.1) is 14.2 Å². The molecule has 4 nitrogen and oxygen atoms in total. The predicted octanol–water partition coefficient (Wildman–Crippen LogP) is 2.65. The summed E-state index contributed by atoms with van der Waals surface area (Å²) in [5.41, 5.74) is 1.32. The Balaban J connectivity index is 3.23. The topological polar surface area (TPSA) is 47.6 Å². The number of carbonyl (C=O) groups excluding carboxylic acids is 1. The Kier molecular flexibility index (Phi) is 5.67. The van der Waals surface area contributed by atoms with Gasteiger partial charge in [0, 0.05) is 17.7 Å². The number of hydrogen-bond donors (Lipinski definition) is 1. The average molecular weight is 261 g/mol. The third-order valence-electron chi connectivity index (χ3n) is 2.52. The standard InChI is InChI=1S/C15H19NO3/c1-5-7-11-9-12(15(17)16-8-6-2)10-13(18-3)14(11)19-4/h5-7,9-10H,2,8H2,1,3-4H3,(H,16,17). The Morgan fingerprint density at radius 3 is 2.63 bits per heavy atom. The molecule has 1 aromatic carbocycles. The lowest BCUT2D eigenvalue weighted by molar-refractivity contribution is 0.0957. The van der Waals surface area contributed by atoms with Crippen LogP contribution in [0.1, 0.15) is 22.8 Å². The fourth-order valence-electron chi connectivity index (χ4n) is 1.70. The van der Waals surface area contributed by atoms with Crippen LogP contribution in [-0.4, -0.2) is 26.7 Å². The van der Waals surface area contributed by atoms with Crippen LogP contribution in [0, 0.1) is 0 Å². The molecule has 0 spiro atoms. The van der Waals surface area contributed by atoms with Crippen molar-refractivity contribution in [3.05, 3.63) is 42.0 Å². The first-order valence-electron chi connectivity index (χ1n) is 5.95. The summed E-state index contributed by atoms with van der Waals surface area (Å²) < 4.78 is 10.6. The van der Waals surface area contributed by atoms with Crippen LogP contribution >= 0.6 is 0 Å². The third-order valence-corrected chi connectivity index (χ3v) is 2.52. The maximum absolute atomic E-state index is 11.9. The number of rotatable bonds is 6. The van der Waals surface area contributed by atoms with Gasteiger partial charge < -0.3 is 14.8 Å². The first kappa shape index (κ1) is 14.8. The van der Waals surface area contributed by atoms with Crippen LogP contribution in [0.25, 0.3) is 6.08 Å². The molecule has 0 radical (unpaired) electrons. The monoisotopic (exact) mass is 261 g/mol.